The predicted molar refractivity (Wildman–Crippen MR) is 231 cm³/mol. The van der Waals surface area contributed by atoms with Gasteiger partial charge >= 0.3 is 0 Å². The molecule has 1 N–H and O–H groups in total. The molecule has 7 aromatic rings. The van der Waals surface area contributed by atoms with Crippen LogP contribution in [0.1, 0.15) is 74.6 Å². The van der Waals surface area contributed by atoms with Crippen LogP contribution in [0.15, 0.2) is 174 Å². The Bertz CT molecular complexity index is 2930. The number of nitrogens with one attached hydrogen (secondary N) is 1. The van der Waals surface area contributed by atoms with Crippen molar-refractivity contribution in [3.63, 3.8) is 0 Å². The molecule has 1 spiro atoms. The van der Waals surface area contributed by atoms with Crippen LogP contribution in [-0.2, 0) is 11.8 Å². The molecular weight excluding hydrogens is 679 g/mol. The van der Waals surface area contributed by atoms with Gasteiger partial charge in [-0.1, -0.05) is 158 Å². The fourth-order valence-corrected chi connectivity index (χ4v) is 10.4. The molecule has 12 rings (SSSR count). The van der Waals surface area contributed by atoms with Gasteiger partial charge in [0.25, 0.3) is 0 Å². The summed E-state index contributed by atoms with van der Waals surface area (Å²) in [4.78, 5) is 0. The number of hydrogen-bond acceptors (Lipinski definition) is 2. The van der Waals surface area contributed by atoms with Crippen molar-refractivity contribution in [1.29, 1.82) is 0 Å². The molecule has 2 nitrogen and oxygen atoms in total. The van der Waals surface area contributed by atoms with Crippen LogP contribution in [0.3, 0.4) is 0 Å². The van der Waals surface area contributed by atoms with E-state index in [-0.39, 0.29) is 5.92 Å². The van der Waals surface area contributed by atoms with Gasteiger partial charge in [-0.15, -0.1) is 0 Å². The van der Waals surface area contributed by atoms with Gasteiger partial charge in [-0.2, -0.15) is 0 Å². The number of hydrogen-bond donors (Lipinski definition) is 1. The van der Waals surface area contributed by atoms with E-state index in [1.54, 1.807) is 0 Å². The first-order valence-electron chi connectivity index (χ1n) is 20.0. The largest absolute Gasteiger partial charge is 0.460 e. The van der Waals surface area contributed by atoms with Gasteiger partial charge in [-0.3, -0.25) is 0 Å². The second kappa shape index (κ2) is 12.2. The van der Waals surface area contributed by atoms with E-state index in [0.29, 0.717) is 0 Å². The Morgan fingerprint density at radius 3 is 2.23 bits per heavy atom. The lowest BCUT2D eigenvalue weighted by Gasteiger charge is -2.31. The van der Waals surface area contributed by atoms with Crippen LogP contribution in [0.4, 0.5) is 0 Å². The average molecular weight is 718 g/mol. The van der Waals surface area contributed by atoms with Gasteiger partial charge in [0.1, 0.15) is 11.3 Å². The molecule has 4 aliphatic carbocycles. The molecule has 0 fully saturated rings. The highest BCUT2D eigenvalue weighted by Gasteiger charge is 2.53. The number of furan rings is 1. The molecule has 2 unspecified atom stereocenters. The van der Waals surface area contributed by atoms with E-state index in [2.05, 4.69) is 181 Å². The molecule has 5 aliphatic rings. The van der Waals surface area contributed by atoms with Crippen molar-refractivity contribution in [2.24, 2.45) is 0 Å². The van der Waals surface area contributed by atoms with E-state index in [0.717, 1.165) is 42.8 Å². The molecule has 56 heavy (non-hydrogen) atoms. The maximum atomic E-state index is 6.92. The van der Waals surface area contributed by atoms with Crippen LogP contribution in [0.5, 0.6) is 0 Å². The smallest absolute Gasteiger partial charge is 0.143 e. The highest BCUT2D eigenvalue weighted by Crippen LogP contribution is 2.64. The summed E-state index contributed by atoms with van der Waals surface area (Å²) in [5.74, 6) is 1.38. The minimum absolute atomic E-state index is 0.277. The minimum Gasteiger partial charge on any atom is -0.460 e. The zero-order valence-electron chi connectivity index (χ0n) is 31.1. The molecule has 266 valence electrons. The van der Waals surface area contributed by atoms with E-state index >= 15 is 0 Å². The number of fused-ring (bicyclic) bond motifs is 14. The SMILES string of the molecule is C1=CCNC(c2ccc3c(c2)C2(c4cc(C5=CC(c6ccccc6)=CC(c6ccccc6)C5)ccc4-3)c3ccccc3-c3c2ccc2c4c(oc32)CCC=C4)=C1. The Labute approximate surface area is 327 Å². The minimum atomic E-state index is -0.517. The number of aryl methyl sites for hydroxylation is 1. The number of benzene rings is 6. The molecule has 2 atom stereocenters. The van der Waals surface area contributed by atoms with E-state index in [4.69, 9.17) is 4.42 Å². The van der Waals surface area contributed by atoms with Crippen LogP contribution < -0.4 is 5.32 Å². The van der Waals surface area contributed by atoms with Crippen molar-refractivity contribution >= 4 is 33.9 Å². The second-order valence-electron chi connectivity index (χ2n) is 15.8. The zero-order chi connectivity index (χ0) is 36.8. The van der Waals surface area contributed by atoms with E-state index < -0.39 is 5.41 Å². The van der Waals surface area contributed by atoms with Crippen molar-refractivity contribution in [1.82, 2.24) is 5.32 Å². The van der Waals surface area contributed by atoms with E-state index in [1.165, 1.54) is 88.9 Å². The summed E-state index contributed by atoms with van der Waals surface area (Å²) in [7, 11) is 0. The summed E-state index contributed by atoms with van der Waals surface area (Å²) in [5, 5.41) is 4.86. The quantitative estimate of drug-likeness (QED) is 0.196. The second-order valence-corrected chi connectivity index (χ2v) is 15.8. The standard InChI is InChI=1S/C54H39NO/c1-3-13-34(14-4-1)38-29-39(35-15-5-2-6-16-35)31-40(30-38)36-22-24-41-42-25-23-37(50-20-11-12-28-55-50)33-49(42)54(48(41)32-36)46-19-9-7-18-45(46)52-47(54)27-26-44-43-17-8-10-21-51(43)56-53(44)52/h1-9,11-20,22-27,29-30,32-33,39,55H,10,21,28,31H2. The van der Waals surface area contributed by atoms with Gasteiger partial charge in [-0.05, 0) is 103 Å². The lowest BCUT2D eigenvalue weighted by atomic mass is 9.69. The van der Waals surface area contributed by atoms with Crippen LogP contribution in [0.25, 0.3) is 56.1 Å². The summed E-state index contributed by atoms with van der Waals surface area (Å²) in [6, 6.07) is 50.3. The fraction of sp³-hybridized carbons (Fsp3) is 0.111. The Morgan fingerprint density at radius 2 is 1.41 bits per heavy atom. The van der Waals surface area contributed by atoms with Crippen LogP contribution in [0.2, 0.25) is 0 Å². The Hall–Kier alpha value is -6.64. The van der Waals surface area contributed by atoms with Crippen molar-refractivity contribution in [3.05, 3.63) is 226 Å². The molecule has 0 radical (unpaired) electrons. The van der Waals surface area contributed by atoms with Crippen molar-refractivity contribution < 1.29 is 4.42 Å². The Balaban J connectivity index is 1.12. The average Bonchev–Trinajstić information content (AvgIpc) is 3.90. The Morgan fingerprint density at radius 1 is 0.643 bits per heavy atom. The summed E-state index contributed by atoms with van der Waals surface area (Å²) in [6.07, 6.45) is 18.9. The summed E-state index contributed by atoms with van der Waals surface area (Å²) < 4.78 is 6.92. The first-order chi connectivity index (χ1) is 27.8. The Kier molecular flexibility index (Phi) is 6.89. The first-order valence-corrected chi connectivity index (χ1v) is 20.0. The van der Waals surface area contributed by atoms with Gasteiger partial charge in [0.2, 0.25) is 0 Å². The van der Waals surface area contributed by atoms with Gasteiger partial charge in [0.15, 0.2) is 0 Å². The highest BCUT2D eigenvalue weighted by atomic mass is 16.3. The van der Waals surface area contributed by atoms with Crippen LogP contribution >= 0.6 is 0 Å². The van der Waals surface area contributed by atoms with E-state index in [1.807, 2.05) is 0 Å². The first kappa shape index (κ1) is 31.7. The molecular formula is C54H39NO. The lowest BCUT2D eigenvalue weighted by molar-refractivity contribution is 0.547. The summed E-state index contributed by atoms with van der Waals surface area (Å²) in [6.45, 7) is 0.831. The molecule has 6 aromatic carbocycles. The fourth-order valence-electron chi connectivity index (χ4n) is 10.4. The number of allylic oxidation sites excluding steroid dienone is 7. The molecule has 0 saturated heterocycles. The normalized spacial score (nSPS) is 19.7. The van der Waals surface area contributed by atoms with Crippen LogP contribution in [0, 0.1) is 0 Å². The number of rotatable bonds is 4. The predicted octanol–water partition coefficient (Wildman–Crippen LogP) is 12.9. The van der Waals surface area contributed by atoms with Gasteiger partial charge < -0.3 is 9.73 Å². The third-order valence-corrected chi connectivity index (χ3v) is 12.9. The molecule has 2 heteroatoms. The van der Waals surface area contributed by atoms with Gasteiger partial charge in [0.05, 0.1) is 5.41 Å². The number of dihydropyridines is 1. The maximum absolute atomic E-state index is 6.92. The molecule has 0 bridgehead atoms. The lowest BCUT2D eigenvalue weighted by Crippen LogP contribution is -2.26. The van der Waals surface area contributed by atoms with Crippen molar-refractivity contribution in [3.8, 4) is 22.3 Å². The summed E-state index contributed by atoms with van der Waals surface area (Å²) >= 11 is 0. The maximum Gasteiger partial charge on any atom is 0.143 e. The monoisotopic (exact) mass is 717 g/mol. The molecule has 1 aromatic heterocycles. The third kappa shape index (κ3) is 4.50. The van der Waals surface area contributed by atoms with Crippen molar-refractivity contribution in [2.75, 3.05) is 6.54 Å². The third-order valence-electron chi connectivity index (χ3n) is 12.9. The highest BCUT2D eigenvalue weighted by molar-refractivity contribution is 6.07. The molecule has 0 saturated carbocycles. The molecule has 2 heterocycles. The van der Waals surface area contributed by atoms with Crippen molar-refractivity contribution in [2.45, 2.75) is 30.6 Å². The topological polar surface area (TPSA) is 25.2 Å². The van der Waals surface area contributed by atoms with Crippen LogP contribution in [-0.4, -0.2) is 6.54 Å². The van der Waals surface area contributed by atoms with Gasteiger partial charge in [-0.25, -0.2) is 0 Å². The van der Waals surface area contributed by atoms with E-state index in [9.17, 15) is 0 Å². The molecule has 1 aliphatic heterocycles. The van der Waals surface area contributed by atoms with Gasteiger partial charge in [0, 0.05) is 41.1 Å². The zero-order valence-corrected chi connectivity index (χ0v) is 31.1. The summed E-state index contributed by atoms with van der Waals surface area (Å²) in [5.41, 5.74) is 21.1. The molecule has 0 amide bonds.